The highest BCUT2D eigenvalue weighted by Crippen LogP contribution is 2.29. The maximum absolute atomic E-state index is 11.3. The Balaban J connectivity index is 1.32. The molecule has 1 aliphatic rings. The predicted molar refractivity (Wildman–Crippen MR) is 136 cm³/mol. The second kappa shape index (κ2) is 11.2. The van der Waals surface area contributed by atoms with Crippen molar-refractivity contribution in [2.75, 3.05) is 26.3 Å². The molecule has 1 aromatic heterocycles. The topological polar surface area (TPSA) is 80.0 Å². The lowest BCUT2D eigenvalue weighted by Gasteiger charge is -2.42. The van der Waals surface area contributed by atoms with Crippen molar-refractivity contribution in [2.45, 2.75) is 58.4 Å². The highest BCUT2D eigenvalue weighted by atomic mass is 16.5. The first-order chi connectivity index (χ1) is 16.8. The smallest absolute Gasteiger partial charge is 0.137 e. The van der Waals surface area contributed by atoms with Gasteiger partial charge in [0.05, 0.1) is 12.7 Å². The summed E-state index contributed by atoms with van der Waals surface area (Å²) in [6, 6.07) is 14.1. The maximum atomic E-state index is 11.3. The Morgan fingerprint density at radius 3 is 2.71 bits per heavy atom. The average molecular weight is 480 g/mol. The van der Waals surface area contributed by atoms with E-state index in [2.05, 4.69) is 22.1 Å². The third kappa shape index (κ3) is 6.42. The molecule has 7 heteroatoms. The third-order valence-corrected chi connectivity index (χ3v) is 6.84. The number of likely N-dealkylation sites (tertiary alicyclic amines) is 1. The summed E-state index contributed by atoms with van der Waals surface area (Å²) in [5, 5.41) is 26.2. The van der Waals surface area contributed by atoms with Crippen LogP contribution in [0.1, 0.15) is 35.1 Å². The molecule has 0 unspecified atom stereocenters. The van der Waals surface area contributed by atoms with Crippen molar-refractivity contribution < 1.29 is 19.7 Å². The number of benzene rings is 2. The van der Waals surface area contributed by atoms with E-state index in [-0.39, 0.29) is 6.61 Å². The lowest BCUT2D eigenvalue weighted by molar-refractivity contribution is -0.140. The number of nitrogens with zero attached hydrogens (tertiary/aromatic N) is 3. The van der Waals surface area contributed by atoms with Crippen molar-refractivity contribution in [3.05, 3.63) is 77.1 Å². The van der Waals surface area contributed by atoms with Crippen LogP contribution >= 0.6 is 0 Å². The first-order valence-corrected chi connectivity index (χ1v) is 12.4. The van der Waals surface area contributed by atoms with Crippen molar-refractivity contribution in [2.24, 2.45) is 0 Å². The molecule has 4 rings (SSSR count). The van der Waals surface area contributed by atoms with Gasteiger partial charge in [-0.2, -0.15) is 5.10 Å². The van der Waals surface area contributed by atoms with Crippen molar-refractivity contribution >= 4 is 0 Å². The summed E-state index contributed by atoms with van der Waals surface area (Å²) < 4.78 is 13.9. The summed E-state index contributed by atoms with van der Waals surface area (Å²) in [6.45, 7) is 9.29. The van der Waals surface area contributed by atoms with Crippen molar-refractivity contribution in [1.82, 2.24) is 14.7 Å². The molecule has 1 aliphatic heterocycles. The lowest BCUT2D eigenvalue weighted by Crippen LogP contribution is -2.59. The summed E-state index contributed by atoms with van der Waals surface area (Å²) >= 11 is 0. The van der Waals surface area contributed by atoms with E-state index < -0.39 is 11.7 Å². The number of hydrogen-bond acceptors (Lipinski definition) is 6. The molecular weight excluding hydrogens is 442 g/mol. The van der Waals surface area contributed by atoms with Crippen LogP contribution in [0.25, 0.3) is 0 Å². The van der Waals surface area contributed by atoms with E-state index in [1.54, 1.807) is 6.20 Å². The van der Waals surface area contributed by atoms with Gasteiger partial charge < -0.3 is 19.7 Å². The molecule has 0 radical (unpaired) electrons. The van der Waals surface area contributed by atoms with Crippen LogP contribution in [-0.4, -0.2) is 62.9 Å². The van der Waals surface area contributed by atoms with Gasteiger partial charge in [0.25, 0.3) is 0 Å². The molecule has 7 nitrogen and oxygen atoms in total. The quantitative estimate of drug-likeness (QED) is 0.432. The number of piperidine rings is 1. The molecule has 3 aromatic rings. The number of aliphatic hydroxyl groups excluding tert-OH is 1. The molecule has 1 fully saturated rings. The largest absolute Gasteiger partial charge is 0.494 e. The molecule has 35 heavy (non-hydrogen) atoms. The molecule has 188 valence electrons. The number of hydrogen-bond donors (Lipinski definition) is 2. The number of aromatic nitrogens is 2. The van der Waals surface area contributed by atoms with E-state index in [1.807, 2.05) is 62.0 Å². The fourth-order valence-corrected chi connectivity index (χ4v) is 4.61. The van der Waals surface area contributed by atoms with Crippen LogP contribution < -0.4 is 9.47 Å². The standard InChI is InChI=1S/C28H37N3O4/c1-21-9-10-22(2)27(23(21)3)35-20-28(33)19-30(15-11-26(28)32)18-24-7-4-8-25(17-24)34-16-6-14-31-13-5-12-29-31/h4-5,7-10,12-13,17,26,32-33H,6,11,14-16,18-20H2,1-3H3/t26-,28-/m0/s1. The maximum Gasteiger partial charge on any atom is 0.137 e. The molecule has 1 saturated heterocycles. The fraction of sp³-hybridized carbons (Fsp3) is 0.464. The Labute approximate surface area is 207 Å². The highest BCUT2D eigenvalue weighted by Gasteiger charge is 2.42. The Morgan fingerprint density at radius 1 is 1.09 bits per heavy atom. The minimum Gasteiger partial charge on any atom is -0.494 e. The van der Waals surface area contributed by atoms with Crippen LogP contribution in [0.15, 0.2) is 54.9 Å². The van der Waals surface area contributed by atoms with Crippen LogP contribution in [0.5, 0.6) is 11.5 Å². The van der Waals surface area contributed by atoms with Gasteiger partial charge in [0.1, 0.15) is 23.7 Å². The normalized spacial score (nSPS) is 20.7. The van der Waals surface area contributed by atoms with Crippen LogP contribution in [-0.2, 0) is 13.1 Å². The Kier molecular flexibility index (Phi) is 8.11. The second-order valence-electron chi connectivity index (χ2n) is 9.68. The molecule has 0 saturated carbocycles. The predicted octanol–water partition coefficient (Wildman–Crippen LogP) is 3.65. The van der Waals surface area contributed by atoms with E-state index in [9.17, 15) is 10.2 Å². The minimum atomic E-state index is -1.33. The molecule has 2 heterocycles. The Bertz CT molecular complexity index is 1100. The minimum absolute atomic E-state index is 0.0508. The van der Waals surface area contributed by atoms with Gasteiger partial charge in [-0.05, 0) is 67.6 Å². The van der Waals surface area contributed by atoms with E-state index in [0.29, 0.717) is 32.7 Å². The van der Waals surface area contributed by atoms with Crippen molar-refractivity contribution in [1.29, 1.82) is 0 Å². The summed E-state index contributed by atoms with van der Waals surface area (Å²) in [5.74, 6) is 1.63. The van der Waals surface area contributed by atoms with Gasteiger partial charge >= 0.3 is 0 Å². The van der Waals surface area contributed by atoms with Crippen LogP contribution in [0.2, 0.25) is 0 Å². The molecule has 2 atom stereocenters. The van der Waals surface area contributed by atoms with Crippen LogP contribution in [0, 0.1) is 20.8 Å². The van der Waals surface area contributed by atoms with Gasteiger partial charge in [0.2, 0.25) is 0 Å². The molecule has 0 aliphatic carbocycles. The van der Waals surface area contributed by atoms with E-state index in [0.717, 1.165) is 46.7 Å². The van der Waals surface area contributed by atoms with E-state index in [1.165, 1.54) is 0 Å². The van der Waals surface area contributed by atoms with Gasteiger partial charge in [-0.1, -0.05) is 24.3 Å². The molecule has 0 amide bonds. The Hall–Kier alpha value is -2.87. The second-order valence-corrected chi connectivity index (χ2v) is 9.68. The van der Waals surface area contributed by atoms with Gasteiger partial charge in [0, 0.05) is 45.0 Å². The molecule has 2 N–H and O–H groups in total. The summed E-state index contributed by atoms with van der Waals surface area (Å²) in [7, 11) is 0. The number of aryl methyl sites for hydroxylation is 3. The van der Waals surface area contributed by atoms with Gasteiger partial charge in [-0.25, -0.2) is 0 Å². The van der Waals surface area contributed by atoms with Gasteiger partial charge in [-0.15, -0.1) is 0 Å². The molecular formula is C28H37N3O4. The average Bonchev–Trinajstić information content (AvgIpc) is 3.36. The summed E-state index contributed by atoms with van der Waals surface area (Å²) in [4.78, 5) is 2.17. The van der Waals surface area contributed by atoms with Crippen molar-refractivity contribution in [3.8, 4) is 11.5 Å². The molecule has 0 spiro atoms. The zero-order valence-electron chi connectivity index (χ0n) is 21.0. The highest BCUT2D eigenvalue weighted by molar-refractivity contribution is 5.44. The molecule has 2 aromatic carbocycles. The monoisotopic (exact) mass is 479 g/mol. The zero-order chi connectivity index (χ0) is 24.8. The SMILES string of the molecule is Cc1ccc(C)c(OC[C@@]2(O)CN(Cc3cccc(OCCCn4cccn4)c3)CC[C@@H]2O)c1C. The van der Waals surface area contributed by atoms with Crippen molar-refractivity contribution in [3.63, 3.8) is 0 Å². The van der Waals surface area contributed by atoms with Crippen LogP contribution in [0.4, 0.5) is 0 Å². The van der Waals surface area contributed by atoms with E-state index >= 15 is 0 Å². The first-order valence-electron chi connectivity index (χ1n) is 12.4. The van der Waals surface area contributed by atoms with Gasteiger partial charge in [0.15, 0.2) is 0 Å². The third-order valence-electron chi connectivity index (χ3n) is 6.84. The fourth-order valence-electron chi connectivity index (χ4n) is 4.61. The number of ether oxygens (including phenoxy) is 2. The van der Waals surface area contributed by atoms with Crippen LogP contribution in [0.3, 0.4) is 0 Å². The number of rotatable bonds is 10. The zero-order valence-corrected chi connectivity index (χ0v) is 21.0. The summed E-state index contributed by atoms with van der Waals surface area (Å²) in [5.41, 5.74) is 3.02. The lowest BCUT2D eigenvalue weighted by atomic mass is 9.90. The van der Waals surface area contributed by atoms with Gasteiger partial charge in [-0.3, -0.25) is 9.58 Å². The summed E-state index contributed by atoms with van der Waals surface area (Å²) in [6.07, 6.45) is 4.28. The Morgan fingerprint density at radius 2 is 1.91 bits per heavy atom. The molecule has 0 bridgehead atoms. The first kappa shape index (κ1) is 25.2. The number of β-amino-alcohol motifs (C(OH)–C–C–N with tert-alkyl or cyclic N) is 1. The van der Waals surface area contributed by atoms with E-state index in [4.69, 9.17) is 9.47 Å². The number of aliphatic hydroxyl groups is 2.